The van der Waals surface area contributed by atoms with E-state index < -0.39 is 11.9 Å². The number of hydrogen-bond acceptors (Lipinski definition) is 10. The van der Waals surface area contributed by atoms with E-state index in [1.165, 1.54) is 6.08 Å². The van der Waals surface area contributed by atoms with Crippen LogP contribution in [0.15, 0.2) is 60.4 Å². The number of rotatable bonds is 10. The van der Waals surface area contributed by atoms with Crippen molar-refractivity contribution in [2.24, 2.45) is 5.73 Å². The van der Waals surface area contributed by atoms with Crippen molar-refractivity contribution in [3.8, 4) is 22.8 Å². The van der Waals surface area contributed by atoms with Crippen LogP contribution in [0, 0.1) is 0 Å². The lowest BCUT2D eigenvalue weighted by Gasteiger charge is -2.26. The van der Waals surface area contributed by atoms with Crippen LogP contribution in [0.1, 0.15) is 16.2 Å². The zero-order valence-corrected chi connectivity index (χ0v) is 21.9. The predicted octanol–water partition coefficient (Wildman–Crippen LogP) is 2.59. The molecule has 11 nitrogen and oxygen atoms in total. The number of benzene rings is 2. The van der Waals surface area contributed by atoms with Crippen LogP contribution in [0.2, 0.25) is 0 Å². The van der Waals surface area contributed by atoms with E-state index in [-0.39, 0.29) is 11.5 Å². The first-order chi connectivity index (χ1) is 19.0. The number of amides is 1. The molecule has 0 saturated carbocycles. The summed E-state index contributed by atoms with van der Waals surface area (Å²) in [6.45, 7) is 4.01. The van der Waals surface area contributed by atoms with Gasteiger partial charge >= 0.3 is 5.97 Å². The first-order valence-corrected chi connectivity index (χ1v) is 12.4. The molecule has 1 amide bonds. The summed E-state index contributed by atoms with van der Waals surface area (Å²) >= 11 is 0. The highest BCUT2D eigenvalue weighted by molar-refractivity contribution is 6.05. The zero-order valence-electron chi connectivity index (χ0n) is 21.9. The molecule has 2 heterocycles. The largest absolute Gasteiger partial charge is 0.493 e. The molecule has 1 fully saturated rings. The van der Waals surface area contributed by atoms with Gasteiger partial charge in [-0.05, 0) is 48.5 Å². The summed E-state index contributed by atoms with van der Waals surface area (Å²) in [4.78, 5) is 35.8. The molecule has 0 spiro atoms. The molecule has 39 heavy (non-hydrogen) atoms. The lowest BCUT2D eigenvalue weighted by atomic mass is 10.1. The number of carbonyl (C=O) groups is 2. The summed E-state index contributed by atoms with van der Waals surface area (Å²) in [6, 6.07) is 13.6. The average molecular weight is 534 g/mol. The van der Waals surface area contributed by atoms with Crippen molar-refractivity contribution in [2.75, 3.05) is 59.0 Å². The van der Waals surface area contributed by atoms with Gasteiger partial charge in [0.25, 0.3) is 5.91 Å². The van der Waals surface area contributed by atoms with E-state index in [9.17, 15) is 9.59 Å². The Kier molecular flexibility index (Phi) is 9.44. The molecule has 204 valence electrons. The number of anilines is 1. The number of aromatic nitrogens is 2. The fraction of sp³-hybridized carbons (Fsp3) is 0.286. The smallest absolute Gasteiger partial charge is 0.338 e. The maximum Gasteiger partial charge on any atom is 0.338 e. The Morgan fingerprint density at radius 2 is 1.79 bits per heavy atom. The molecule has 4 rings (SSSR count). The molecular weight excluding hydrogens is 502 g/mol. The van der Waals surface area contributed by atoms with Gasteiger partial charge in [-0.2, -0.15) is 0 Å². The minimum Gasteiger partial charge on any atom is -0.493 e. The van der Waals surface area contributed by atoms with Gasteiger partial charge in [-0.3, -0.25) is 9.69 Å². The normalized spacial score (nSPS) is 13.9. The Morgan fingerprint density at radius 3 is 2.51 bits per heavy atom. The molecule has 0 radical (unpaired) electrons. The molecule has 1 aliphatic rings. The summed E-state index contributed by atoms with van der Waals surface area (Å²) < 4.78 is 21.3. The fourth-order valence-electron chi connectivity index (χ4n) is 3.87. The lowest BCUT2D eigenvalue weighted by molar-refractivity contribution is -0.112. The van der Waals surface area contributed by atoms with Crippen molar-refractivity contribution in [1.82, 2.24) is 14.9 Å². The topological polar surface area (TPSA) is 138 Å². The number of nitrogens with one attached hydrogen (secondary N) is 1. The molecule has 3 aromatic rings. The second-order valence-electron chi connectivity index (χ2n) is 8.59. The van der Waals surface area contributed by atoms with Crippen LogP contribution in [0.5, 0.6) is 11.5 Å². The molecular formula is C28H31N5O6. The van der Waals surface area contributed by atoms with Gasteiger partial charge in [0.1, 0.15) is 12.3 Å². The van der Waals surface area contributed by atoms with Crippen LogP contribution in [-0.4, -0.2) is 80.4 Å². The third-order valence-corrected chi connectivity index (χ3v) is 6.02. The highest BCUT2D eigenvalue weighted by Crippen LogP contribution is 2.31. The summed E-state index contributed by atoms with van der Waals surface area (Å²) in [7, 11) is 3.12. The van der Waals surface area contributed by atoms with Crippen LogP contribution >= 0.6 is 0 Å². The van der Waals surface area contributed by atoms with Crippen LogP contribution in [0.25, 0.3) is 17.3 Å². The van der Waals surface area contributed by atoms with E-state index in [0.29, 0.717) is 54.8 Å². The fourth-order valence-corrected chi connectivity index (χ4v) is 3.87. The molecule has 3 N–H and O–H groups in total. The average Bonchev–Trinajstić information content (AvgIpc) is 2.97. The molecule has 1 aliphatic heterocycles. The van der Waals surface area contributed by atoms with Crippen LogP contribution in [-0.2, 0) is 14.3 Å². The first-order valence-electron chi connectivity index (χ1n) is 12.4. The SMILES string of the molecule is COc1ccc(-c2ccnc(/C=C(\N)C(=O)Nc3ccc(C(=O)OCCN4CCOCC4)cc3)n2)cc1OC. The molecule has 2 aromatic carbocycles. The summed E-state index contributed by atoms with van der Waals surface area (Å²) in [5.74, 6) is 0.482. The second kappa shape index (κ2) is 13.4. The Labute approximate surface area is 226 Å². The second-order valence-corrected chi connectivity index (χ2v) is 8.59. The number of hydrogen-bond donors (Lipinski definition) is 2. The summed E-state index contributed by atoms with van der Waals surface area (Å²) in [5, 5.41) is 2.70. The van der Waals surface area contributed by atoms with Gasteiger partial charge in [0.15, 0.2) is 17.3 Å². The zero-order chi connectivity index (χ0) is 27.6. The third-order valence-electron chi connectivity index (χ3n) is 6.02. The molecule has 11 heteroatoms. The van der Waals surface area contributed by atoms with Gasteiger partial charge in [-0.15, -0.1) is 0 Å². The monoisotopic (exact) mass is 533 g/mol. The van der Waals surface area contributed by atoms with Crippen molar-refractivity contribution in [3.05, 3.63) is 71.8 Å². The third kappa shape index (κ3) is 7.53. The van der Waals surface area contributed by atoms with Crippen molar-refractivity contribution < 1.29 is 28.5 Å². The summed E-state index contributed by atoms with van der Waals surface area (Å²) in [6.07, 6.45) is 2.97. The van der Waals surface area contributed by atoms with Gasteiger partial charge in [0, 0.05) is 43.2 Å². The number of morpholine rings is 1. The number of esters is 1. The van der Waals surface area contributed by atoms with Gasteiger partial charge in [-0.25, -0.2) is 14.8 Å². The molecule has 0 bridgehead atoms. The van der Waals surface area contributed by atoms with E-state index in [1.807, 2.05) is 6.07 Å². The van der Waals surface area contributed by atoms with E-state index in [1.54, 1.807) is 62.9 Å². The maximum absolute atomic E-state index is 12.6. The van der Waals surface area contributed by atoms with Gasteiger partial charge in [0.05, 0.1) is 38.7 Å². The van der Waals surface area contributed by atoms with Crippen LogP contribution in [0.3, 0.4) is 0 Å². The highest BCUT2D eigenvalue weighted by atomic mass is 16.5. The number of nitrogens with two attached hydrogens (primary N) is 1. The number of ether oxygens (including phenoxy) is 4. The van der Waals surface area contributed by atoms with E-state index in [2.05, 4.69) is 20.2 Å². The van der Waals surface area contributed by atoms with Crippen LogP contribution in [0.4, 0.5) is 5.69 Å². The molecule has 0 aliphatic carbocycles. The standard InChI is InChI=1S/C28H31N5O6/c1-36-24-8-5-20(17-25(24)37-2)23-9-10-30-26(32-23)18-22(29)27(34)31-21-6-3-19(4-7-21)28(35)39-16-13-33-11-14-38-15-12-33/h3-10,17-18H,11-16,29H2,1-2H3,(H,31,34)/b22-18-. The first kappa shape index (κ1) is 27.6. The Hall–Kier alpha value is -4.48. The van der Waals surface area contributed by atoms with E-state index in [0.717, 1.165) is 18.7 Å². The molecule has 0 atom stereocenters. The van der Waals surface area contributed by atoms with Gasteiger partial charge in [0.2, 0.25) is 0 Å². The van der Waals surface area contributed by atoms with Crippen molar-refractivity contribution >= 4 is 23.6 Å². The van der Waals surface area contributed by atoms with Crippen molar-refractivity contribution in [2.45, 2.75) is 0 Å². The Morgan fingerprint density at radius 1 is 1.05 bits per heavy atom. The molecule has 1 aromatic heterocycles. The minimum absolute atomic E-state index is 0.0777. The number of methoxy groups -OCH3 is 2. The number of nitrogens with zero attached hydrogens (tertiary/aromatic N) is 3. The summed E-state index contributed by atoms with van der Waals surface area (Å²) in [5.41, 5.74) is 8.20. The van der Waals surface area contributed by atoms with E-state index >= 15 is 0 Å². The maximum atomic E-state index is 12.6. The minimum atomic E-state index is -0.532. The highest BCUT2D eigenvalue weighted by Gasteiger charge is 2.13. The quantitative estimate of drug-likeness (QED) is 0.295. The lowest BCUT2D eigenvalue weighted by Crippen LogP contribution is -2.38. The Bertz CT molecular complexity index is 1320. The van der Waals surface area contributed by atoms with Gasteiger partial charge in [-0.1, -0.05) is 0 Å². The van der Waals surface area contributed by atoms with Gasteiger partial charge < -0.3 is 30.0 Å². The van der Waals surface area contributed by atoms with Crippen molar-refractivity contribution in [3.63, 3.8) is 0 Å². The molecule has 1 saturated heterocycles. The van der Waals surface area contributed by atoms with Crippen LogP contribution < -0.4 is 20.5 Å². The number of carbonyl (C=O) groups excluding carboxylic acids is 2. The van der Waals surface area contributed by atoms with Crippen molar-refractivity contribution in [1.29, 1.82) is 0 Å². The Balaban J connectivity index is 1.34. The molecule has 0 unspecified atom stereocenters. The van der Waals surface area contributed by atoms with E-state index in [4.69, 9.17) is 24.7 Å². The predicted molar refractivity (Wildman–Crippen MR) is 145 cm³/mol.